The molecule has 0 saturated heterocycles. The van der Waals surface area contributed by atoms with Gasteiger partial charge in [-0.05, 0) is 69.5 Å². The molecule has 0 aliphatic carbocycles. The molecular formula is C29H32N4O3S2. The molecule has 0 aliphatic rings. The zero-order valence-corrected chi connectivity index (χ0v) is 23.9. The number of rotatable bonds is 9. The van der Waals surface area contributed by atoms with Gasteiger partial charge >= 0.3 is 0 Å². The van der Waals surface area contributed by atoms with Crippen molar-refractivity contribution in [1.82, 2.24) is 14.8 Å². The summed E-state index contributed by atoms with van der Waals surface area (Å²) >= 11 is 1.28. The van der Waals surface area contributed by atoms with Crippen LogP contribution in [0.2, 0.25) is 0 Å². The van der Waals surface area contributed by atoms with E-state index in [1.165, 1.54) is 11.8 Å². The number of thioether (sulfide) groups is 1. The van der Waals surface area contributed by atoms with Crippen LogP contribution in [0.4, 0.5) is 5.69 Å². The molecule has 0 saturated carbocycles. The van der Waals surface area contributed by atoms with Crippen LogP contribution in [0.15, 0.2) is 76.8 Å². The Labute approximate surface area is 228 Å². The molecule has 1 heterocycles. The minimum absolute atomic E-state index is 0.135. The topological polar surface area (TPSA) is 93.9 Å². The minimum atomic E-state index is -3.66. The lowest BCUT2D eigenvalue weighted by Crippen LogP contribution is -2.26. The quantitative estimate of drug-likeness (QED) is 0.259. The van der Waals surface area contributed by atoms with E-state index < -0.39 is 15.1 Å². The fraction of sp³-hybridized carbons (Fsp3) is 0.276. The lowest BCUT2D eigenvalue weighted by Gasteiger charge is -2.18. The summed E-state index contributed by atoms with van der Waals surface area (Å²) in [6, 6.07) is 20.2. The average molecular weight is 549 g/mol. The van der Waals surface area contributed by atoms with Crippen molar-refractivity contribution in [3.05, 3.63) is 94.8 Å². The van der Waals surface area contributed by atoms with Crippen molar-refractivity contribution < 1.29 is 13.2 Å². The number of hydrogen-bond donors (Lipinski definition) is 1. The van der Waals surface area contributed by atoms with Gasteiger partial charge in [0.15, 0.2) is 20.8 Å². The Hall–Kier alpha value is -3.43. The van der Waals surface area contributed by atoms with Gasteiger partial charge in [0, 0.05) is 11.4 Å². The van der Waals surface area contributed by atoms with Gasteiger partial charge in [-0.3, -0.25) is 9.36 Å². The van der Waals surface area contributed by atoms with Crippen molar-refractivity contribution in [3.8, 4) is 5.69 Å². The van der Waals surface area contributed by atoms with Gasteiger partial charge in [-0.2, -0.15) is 0 Å². The molecule has 3 aromatic carbocycles. The molecule has 0 radical (unpaired) electrons. The van der Waals surface area contributed by atoms with Crippen molar-refractivity contribution in [2.24, 2.45) is 0 Å². The minimum Gasteiger partial charge on any atom is -0.325 e. The molecule has 1 amide bonds. The number of amides is 1. The van der Waals surface area contributed by atoms with Crippen molar-refractivity contribution in [3.63, 3.8) is 0 Å². The van der Waals surface area contributed by atoms with Gasteiger partial charge in [0.25, 0.3) is 0 Å². The molecule has 1 N–H and O–H groups in total. The molecule has 9 heteroatoms. The van der Waals surface area contributed by atoms with Crippen LogP contribution in [0.5, 0.6) is 0 Å². The second-order valence-corrected chi connectivity index (χ2v) is 12.6. The van der Waals surface area contributed by atoms with E-state index in [4.69, 9.17) is 0 Å². The number of nitrogens with zero attached hydrogens (tertiary/aromatic N) is 3. The SMILES string of the molecule is CCC(Sc1nnc(CS(=O)(=O)c2ccc(C)cc2)n1-c1ccccc1)C(=O)Nc1c(C)cc(C)cc1C. The molecule has 0 fully saturated rings. The molecule has 4 rings (SSSR count). The Kier molecular flexibility index (Phi) is 8.38. The Morgan fingerprint density at radius 1 is 0.921 bits per heavy atom. The standard InChI is InChI=1S/C29H32N4O3S2/c1-6-25(28(34)30-27-21(4)16-20(3)17-22(27)5)37-29-32-31-26(33(29)23-10-8-7-9-11-23)18-38(35,36)24-14-12-19(2)13-15-24/h7-17,25H,6,18H2,1-5H3,(H,30,34). The van der Waals surface area contributed by atoms with Gasteiger partial charge in [-0.25, -0.2) is 8.42 Å². The molecule has 7 nitrogen and oxygen atoms in total. The number of hydrogen-bond acceptors (Lipinski definition) is 6. The van der Waals surface area contributed by atoms with Crippen LogP contribution in [0, 0.1) is 27.7 Å². The van der Waals surface area contributed by atoms with Crippen molar-refractivity contribution in [2.75, 3.05) is 5.32 Å². The van der Waals surface area contributed by atoms with Gasteiger partial charge < -0.3 is 5.32 Å². The van der Waals surface area contributed by atoms with E-state index in [1.807, 2.05) is 77.1 Å². The van der Waals surface area contributed by atoms with Crippen LogP contribution in [0.1, 0.15) is 41.4 Å². The molecule has 0 bridgehead atoms. The predicted octanol–water partition coefficient (Wildman–Crippen LogP) is 5.98. The van der Waals surface area contributed by atoms with Crippen LogP contribution >= 0.6 is 11.8 Å². The van der Waals surface area contributed by atoms with Crippen LogP contribution in [-0.2, 0) is 20.4 Å². The largest absolute Gasteiger partial charge is 0.325 e. The zero-order valence-electron chi connectivity index (χ0n) is 22.2. The number of para-hydroxylation sites is 1. The van der Waals surface area contributed by atoms with E-state index in [0.29, 0.717) is 17.4 Å². The number of anilines is 1. The smallest absolute Gasteiger partial charge is 0.237 e. The summed E-state index contributed by atoms with van der Waals surface area (Å²) in [5.74, 6) is -0.160. The maximum Gasteiger partial charge on any atom is 0.237 e. The first-order valence-corrected chi connectivity index (χ1v) is 15.0. The van der Waals surface area contributed by atoms with E-state index in [0.717, 1.165) is 33.6 Å². The van der Waals surface area contributed by atoms with Gasteiger partial charge in [-0.1, -0.05) is 72.3 Å². The third-order valence-electron chi connectivity index (χ3n) is 6.25. The van der Waals surface area contributed by atoms with Gasteiger partial charge in [0.1, 0.15) is 5.75 Å². The number of carbonyl (C=O) groups excluding carboxylic acids is 1. The lowest BCUT2D eigenvalue weighted by molar-refractivity contribution is -0.115. The van der Waals surface area contributed by atoms with Crippen LogP contribution in [0.3, 0.4) is 0 Å². The Morgan fingerprint density at radius 3 is 2.16 bits per heavy atom. The number of nitrogens with one attached hydrogen (secondary N) is 1. The van der Waals surface area contributed by atoms with Gasteiger partial charge in [-0.15, -0.1) is 10.2 Å². The number of sulfone groups is 1. The molecule has 38 heavy (non-hydrogen) atoms. The monoisotopic (exact) mass is 548 g/mol. The van der Waals surface area contributed by atoms with E-state index >= 15 is 0 Å². The molecule has 1 aromatic heterocycles. The highest BCUT2D eigenvalue weighted by molar-refractivity contribution is 8.00. The Balaban J connectivity index is 1.65. The zero-order chi connectivity index (χ0) is 27.4. The summed E-state index contributed by atoms with van der Waals surface area (Å²) in [6.07, 6.45) is 0.555. The highest BCUT2D eigenvalue weighted by atomic mass is 32.2. The first-order chi connectivity index (χ1) is 18.1. The van der Waals surface area contributed by atoms with E-state index in [9.17, 15) is 13.2 Å². The van der Waals surface area contributed by atoms with Crippen molar-refractivity contribution in [1.29, 1.82) is 0 Å². The van der Waals surface area contributed by atoms with E-state index in [1.54, 1.807) is 28.8 Å². The second-order valence-electron chi connectivity index (χ2n) is 9.42. The van der Waals surface area contributed by atoms with E-state index in [2.05, 4.69) is 15.5 Å². The second kappa shape index (κ2) is 11.5. The van der Waals surface area contributed by atoms with Crippen molar-refractivity contribution >= 4 is 33.2 Å². The van der Waals surface area contributed by atoms with Crippen LogP contribution < -0.4 is 5.32 Å². The van der Waals surface area contributed by atoms with E-state index in [-0.39, 0.29) is 16.6 Å². The molecule has 1 atom stereocenters. The summed E-state index contributed by atoms with van der Waals surface area (Å²) < 4.78 is 28.2. The summed E-state index contributed by atoms with van der Waals surface area (Å²) in [4.78, 5) is 13.6. The number of benzene rings is 3. The summed E-state index contributed by atoms with van der Waals surface area (Å²) in [7, 11) is -3.66. The number of aryl methyl sites for hydroxylation is 4. The molecule has 198 valence electrons. The first kappa shape index (κ1) is 27.6. The average Bonchev–Trinajstić information content (AvgIpc) is 3.26. The summed E-state index contributed by atoms with van der Waals surface area (Å²) in [5.41, 5.74) is 5.68. The highest BCUT2D eigenvalue weighted by Gasteiger charge is 2.26. The fourth-order valence-corrected chi connectivity index (χ4v) is 6.57. The molecule has 0 aliphatic heterocycles. The fourth-order valence-electron chi connectivity index (χ4n) is 4.34. The Morgan fingerprint density at radius 2 is 1.55 bits per heavy atom. The maximum absolute atomic E-state index is 13.3. The first-order valence-electron chi connectivity index (χ1n) is 12.4. The molecule has 1 unspecified atom stereocenters. The third-order valence-corrected chi connectivity index (χ3v) is 9.19. The maximum atomic E-state index is 13.3. The Bertz CT molecular complexity index is 1520. The molecule has 4 aromatic rings. The highest BCUT2D eigenvalue weighted by Crippen LogP contribution is 2.31. The summed E-state index contributed by atoms with van der Waals surface area (Å²) in [5, 5.41) is 11.7. The van der Waals surface area contributed by atoms with Crippen LogP contribution in [0.25, 0.3) is 5.69 Å². The van der Waals surface area contributed by atoms with Gasteiger partial charge in [0.05, 0.1) is 10.1 Å². The number of aromatic nitrogens is 3. The van der Waals surface area contributed by atoms with Gasteiger partial charge in [0.2, 0.25) is 5.91 Å². The number of carbonyl (C=O) groups is 1. The molecular weight excluding hydrogens is 516 g/mol. The normalized spacial score (nSPS) is 12.3. The summed E-state index contributed by atoms with van der Waals surface area (Å²) in [6.45, 7) is 9.85. The molecule has 0 spiro atoms. The van der Waals surface area contributed by atoms with Crippen molar-refractivity contribution in [2.45, 2.75) is 62.1 Å². The lowest BCUT2D eigenvalue weighted by atomic mass is 10.0. The predicted molar refractivity (Wildman–Crippen MR) is 153 cm³/mol. The van der Waals surface area contributed by atoms with Crippen LogP contribution in [-0.4, -0.2) is 34.3 Å². The third kappa shape index (κ3) is 6.16.